The zero-order chi connectivity index (χ0) is 25.2. The fraction of sp³-hybridized carbons (Fsp3) is 0.222. The number of carbonyl (C=O) groups excluding carboxylic acids is 1. The molecule has 0 saturated carbocycles. The van der Waals surface area contributed by atoms with Crippen molar-refractivity contribution in [2.75, 3.05) is 19.0 Å². The average Bonchev–Trinajstić information content (AvgIpc) is 3.23. The Bertz CT molecular complexity index is 1440. The molecule has 1 amide bonds. The third-order valence-corrected chi connectivity index (χ3v) is 6.13. The van der Waals surface area contributed by atoms with Gasteiger partial charge < -0.3 is 14.8 Å². The van der Waals surface area contributed by atoms with Crippen molar-refractivity contribution in [1.29, 1.82) is 0 Å². The molecule has 4 aromatic rings. The number of anilines is 1. The number of amides is 1. The number of hydrogen-bond donors (Lipinski definition) is 1. The summed E-state index contributed by atoms with van der Waals surface area (Å²) in [4.78, 5) is 17.5. The highest BCUT2D eigenvalue weighted by Gasteiger charge is 2.33. The van der Waals surface area contributed by atoms with Crippen molar-refractivity contribution in [2.24, 2.45) is 0 Å². The number of nitrogens with zero attached hydrogens (tertiary/aromatic N) is 5. The van der Waals surface area contributed by atoms with Crippen molar-refractivity contribution in [3.63, 3.8) is 0 Å². The Morgan fingerprint density at radius 3 is 2.72 bits per heavy atom. The van der Waals surface area contributed by atoms with Crippen molar-refractivity contribution >= 4 is 11.7 Å². The van der Waals surface area contributed by atoms with Gasteiger partial charge in [-0.1, -0.05) is 48.6 Å². The molecule has 36 heavy (non-hydrogen) atoms. The van der Waals surface area contributed by atoms with E-state index in [2.05, 4.69) is 27.1 Å². The van der Waals surface area contributed by atoms with Crippen LogP contribution in [0.2, 0.25) is 0 Å². The molecule has 0 saturated heterocycles. The predicted molar refractivity (Wildman–Crippen MR) is 136 cm³/mol. The largest absolute Gasteiger partial charge is 0.493 e. The third-order valence-electron chi connectivity index (χ3n) is 6.13. The fourth-order valence-electron chi connectivity index (χ4n) is 4.40. The molecule has 2 aromatic carbocycles. The van der Waals surface area contributed by atoms with E-state index in [0.717, 1.165) is 27.9 Å². The minimum atomic E-state index is -0.229. The maximum absolute atomic E-state index is 12.8. The Hall–Kier alpha value is -4.53. The second-order valence-electron chi connectivity index (χ2n) is 8.58. The molecule has 1 unspecified atom stereocenters. The van der Waals surface area contributed by atoms with Crippen molar-refractivity contribution in [1.82, 2.24) is 25.0 Å². The number of benzene rings is 2. The van der Waals surface area contributed by atoms with Crippen LogP contribution in [0.3, 0.4) is 0 Å². The zero-order valence-corrected chi connectivity index (χ0v) is 20.4. The predicted octanol–water partition coefficient (Wildman–Crippen LogP) is 4.39. The molecule has 5 rings (SSSR count). The zero-order valence-electron chi connectivity index (χ0n) is 20.4. The first-order chi connectivity index (χ1) is 17.5. The molecule has 0 bridgehead atoms. The second-order valence-corrected chi connectivity index (χ2v) is 8.58. The molecule has 2 aromatic heterocycles. The number of methoxy groups -OCH3 is 1. The maximum Gasteiger partial charge on any atom is 0.272 e. The monoisotopic (exact) mass is 482 g/mol. The van der Waals surface area contributed by atoms with E-state index in [9.17, 15) is 4.79 Å². The molecule has 9 nitrogen and oxygen atoms in total. The quantitative estimate of drug-likeness (QED) is 0.390. The van der Waals surface area contributed by atoms with Crippen LogP contribution in [0, 0.1) is 13.8 Å². The molecule has 0 spiro atoms. The molecule has 182 valence electrons. The van der Waals surface area contributed by atoms with Gasteiger partial charge in [-0.05, 0) is 31.5 Å². The van der Waals surface area contributed by atoms with E-state index in [-0.39, 0.29) is 24.2 Å². The number of nitrogens with one attached hydrogen (secondary N) is 1. The second kappa shape index (κ2) is 9.61. The van der Waals surface area contributed by atoms with Gasteiger partial charge in [-0.15, -0.1) is 5.10 Å². The lowest BCUT2D eigenvalue weighted by Crippen LogP contribution is -2.25. The summed E-state index contributed by atoms with van der Waals surface area (Å²) in [7, 11) is 1.59. The summed E-state index contributed by atoms with van der Waals surface area (Å²) in [6.07, 6.45) is 3.56. The Morgan fingerprint density at radius 1 is 1.17 bits per heavy atom. The molecule has 0 aliphatic carbocycles. The molecular weight excluding hydrogens is 456 g/mol. The van der Waals surface area contributed by atoms with Gasteiger partial charge in [-0.3, -0.25) is 4.79 Å². The van der Waals surface area contributed by atoms with Gasteiger partial charge in [0, 0.05) is 23.5 Å². The van der Waals surface area contributed by atoms with Crippen LogP contribution < -0.4 is 14.8 Å². The van der Waals surface area contributed by atoms with E-state index < -0.39 is 0 Å². The summed E-state index contributed by atoms with van der Waals surface area (Å²) in [5.41, 5.74) is 5.33. The van der Waals surface area contributed by atoms with Crippen molar-refractivity contribution < 1.29 is 14.3 Å². The lowest BCUT2D eigenvalue weighted by atomic mass is 9.85. The summed E-state index contributed by atoms with van der Waals surface area (Å²) >= 11 is 0. The summed E-state index contributed by atoms with van der Waals surface area (Å²) in [5.74, 6) is 1.67. The smallest absolute Gasteiger partial charge is 0.272 e. The lowest BCUT2D eigenvalue weighted by molar-refractivity contribution is -0.116. The van der Waals surface area contributed by atoms with Gasteiger partial charge in [-0.25, -0.2) is 4.98 Å². The molecule has 1 aliphatic heterocycles. The third kappa shape index (κ3) is 4.31. The topological polar surface area (TPSA) is 104 Å². The number of hydrogen-bond acceptors (Lipinski definition) is 7. The van der Waals surface area contributed by atoms with Crippen LogP contribution in [-0.4, -0.2) is 44.6 Å². The van der Waals surface area contributed by atoms with Crippen LogP contribution in [0.25, 0.3) is 17.2 Å². The molecule has 0 fully saturated rings. The van der Waals surface area contributed by atoms with Crippen LogP contribution in [-0.2, 0) is 4.79 Å². The molecule has 1 aliphatic rings. The van der Waals surface area contributed by atoms with Crippen molar-refractivity contribution in [3.05, 3.63) is 83.7 Å². The van der Waals surface area contributed by atoms with E-state index >= 15 is 0 Å². The first-order valence-electron chi connectivity index (χ1n) is 11.6. The Balaban J connectivity index is 1.57. The molecule has 9 heteroatoms. The van der Waals surface area contributed by atoms with Gasteiger partial charge in [0.1, 0.15) is 12.4 Å². The Kier molecular flexibility index (Phi) is 6.20. The van der Waals surface area contributed by atoms with E-state index in [4.69, 9.17) is 14.6 Å². The summed E-state index contributed by atoms with van der Waals surface area (Å²) in [5, 5.41) is 16.0. The van der Waals surface area contributed by atoms with E-state index in [1.165, 1.54) is 0 Å². The van der Waals surface area contributed by atoms with Gasteiger partial charge in [0.05, 0.1) is 24.7 Å². The summed E-state index contributed by atoms with van der Waals surface area (Å²) in [6, 6.07) is 13.7. The number of fused-ring (bicyclic) bond motifs is 1. The van der Waals surface area contributed by atoms with Crippen LogP contribution in [0.1, 0.15) is 34.7 Å². The summed E-state index contributed by atoms with van der Waals surface area (Å²) in [6.45, 7) is 7.99. The number of aromatic nitrogens is 5. The number of rotatable bonds is 7. The van der Waals surface area contributed by atoms with Gasteiger partial charge in [0.15, 0.2) is 11.5 Å². The van der Waals surface area contributed by atoms with Crippen molar-refractivity contribution in [3.8, 4) is 28.7 Å². The minimum Gasteiger partial charge on any atom is -0.493 e. The van der Waals surface area contributed by atoms with Crippen LogP contribution in [0.4, 0.5) is 5.82 Å². The SMILES string of the molecule is C=CCOc1cc(C2CC(=O)Nc3c2c(C)nn3-c2nncc(-c3ccc(C)cc3)n2)ccc1OC. The minimum absolute atomic E-state index is 0.124. The van der Waals surface area contributed by atoms with Crippen molar-refractivity contribution in [2.45, 2.75) is 26.2 Å². The number of aryl methyl sites for hydroxylation is 2. The van der Waals surface area contributed by atoms with Gasteiger partial charge in [0.25, 0.3) is 5.95 Å². The Morgan fingerprint density at radius 2 is 1.97 bits per heavy atom. The molecular formula is C27H26N6O3. The standard InChI is InChI=1S/C27H26N6O3/c1-5-12-36-23-13-19(10-11-22(23)35-4)20-14-24(34)30-26-25(20)17(3)32-33(26)27-29-21(15-28-31-27)18-8-6-16(2)7-9-18/h5-11,13,15,20H,1,12,14H2,2-4H3,(H,30,34). The van der Waals surface area contributed by atoms with E-state index in [0.29, 0.717) is 29.6 Å². The average molecular weight is 483 g/mol. The molecule has 3 heterocycles. The van der Waals surface area contributed by atoms with E-state index in [1.807, 2.05) is 56.3 Å². The summed E-state index contributed by atoms with van der Waals surface area (Å²) < 4.78 is 12.8. The first kappa shape index (κ1) is 23.2. The number of carbonyl (C=O) groups is 1. The van der Waals surface area contributed by atoms with Gasteiger partial charge in [-0.2, -0.15) is 14.9 Å². The van der Waals surface area contributed by atoms with Gasteiger partial charge in [0.2, 0.25) is 5.91 Å². The van der Waals surface area contributed by atoms with Crippen LogP contribution in [0.15, 0.2) is 61.3 Å². The highest BCUT2D eigenvalue weighted by atomic mass is 16.5. The fourth-order valence-corrected chi connectivity index (χ4v) is 4.40. The maximum atomic E-state index is 12.8. The van der Waals surface area contributed by atoms with Crippen LogP contribution in [0.5, 0.6) is 11.5 Å². The Labute approximate surface area is 208 Å². The molecule has 0 radical (unpaired) electrons. The molecule has 1 N–H and O–H groups in total. The normalized spacial score (nSPS) is 14.6. The highest BCUT2D eigenvalue weighted by molar-refractivity contribution is 5.95. The van der Waals surface area contributed by atoms with Crippen LogP contribution >= 0.6 is 0 Å². The van der Waals surface area contributed by atoms with E-state index in [1.54, 1.807) is 24.1 Å². The highest BCUT2D eigenvalue weighted by Crippen LogP contribution is 2.42. The van der Waals surface area contributed by atoms with Gasteiger partial charge >= 0.3 is 0 Å². The number of ether oxygens (including phenoxy) is 2. The first-order valence-corrected chi connectivity index (χ1v) is 11.6. The lowest BCUT2D eigenvalue weighted by Gasteiger charge is -2.25. The molecule has 1 atom stereocenters.